The van der Waals surface area contributed by atoms with Gasteiger partial charge in [0.25, 0.3) is 0 Å². The Morgan fingerprint density at radius 3 is 2.38 bits per heavy atom. The highest BCUT2D eigenvalue weighted by molar-refractivity contribution is 7.90. The Morgan fingerprint density at radius 2 is 1.75 bits per heavy atom. The van der Waals surface area contributed by atoms with Gasteiger partial charge >= 0.3 is 0 Å². The Bertz CT molecular complexity index is 695. The molecule has 2 rings (SSSR count). The summed E-state index contributed by atoms with van der Waals surface area (Å²) < 4.78 is 30.9. The van der Waals surface area contributed by atoms with Crippen LogP contribution in [0.1, 0.15) is 33.1 Å². The predicted octanol–water partition coefficient (Wildman–Crippen LogP) is 3.25. The molecule has 2 aromatic rings. The zero-order valence-corrected chi connectivity index (χ0v) is 15.0. The van der Waals surface area contributed by atoms with Crippen molar-refractivity contribution in [2.45, 2.75) is 38.4 Å². The van der Waals surface area contributed by atoms with E-state index in [4.69, 9.17) is 4.52 Å². The molecule has 0 spiro atoms. The van der Waals surface area contributed by atoms with E-state index < -0.39 is 10.0 Å². The molecule has 0 atom stereocenters. The Hall–Kier alpha value is -1.86. The molecule has 1 aromatic heterocycles. The maximum absolute atomic E-state index is 11.6. The summed E-state index contributed by atoms with van der Waals surface area (Å²) >= 11 is 0. The molecule has 2 N–H and O–H groups in total. The Balaban J connectivity index is 1.61. The van der Waals surface area contributed by atoms with E-state index >= 15 is 0 Å². The van der Waals surface area contributed by atoms with Gasteiger partial charge in [-0.2, -0.15) is 0 Å². The van der Waals surface area contributed by atoms with Crippen LogP contribution in [0.25, 0.3) is 11.3 Å². The van der Waals surface area contributed by atoms with Crippen LogP contribution in [0.3, 0.4) is 0 Å². The number of rotatable bonds is 10. The van der Waals surface area contributed by atoms with Crippen LogP contribution in [0.5, 0.6) is 0 Å². The van der Waals surface area contributed by atoms with Crippen molar-refractivity contribution in [1.82, 2.24) is 9.88 Å². The number of benzene rings is 1. The summed E-state index contributed by atoms with van der Waals surface area (Å²) in [7, 11) is -3.13. The summed E-state index contributed by atoms with van der Waals surface area (Å²) in [5.41, 5.74) is 2.05. The summed E-state index contributed by atoms with van der Waals surface area (Å²) in [5.74, 6) is 0.755. The molecule has 0 aliphatic heterocycles. The van der Waals surface area contributed by atoms with E-state index in [0.29, 0.717) is 6.54 Å². The first-order chi connectivity index (χ1) is 11.5. The van der Waals surface area contributed by atoms with Gasteiger partial charge in [-0.25, -0.2) is 13.1 Å². The number of aromatic nitrogens is 1. The molecule has 6 nitrogen and oxygen atoms in total. The summed E-state index contributed by atoms with van der Waals surface area (Å²) in [6.07, 6.45) is 4.44. The summed E-state index contributed by atoms with van der Waals surface area (Å²) in [6.45, 7) is 4.73. The van der Waals surface area contributed by atoms with Crippen molar-refractivity contribution in [3.8, 4) is 11.3 Å². The average Bonchev–Trinajstić information content (AvgIpc) is 3.09. The fourth-order valence-electron chi connectivity index (χ4n) is 2.16. The molecular weight excluding hydrogens is 326 g/mol. The summed E-state index contributed by atoms with van der Waals surface area (Å²) in [5, 5.41) is 6.68. The number of nitrogens with zero attached hydrogens (tertiary/aromatic N) is 1. The fraction of sp³-hybridized carbons (Fsp3) is 0.471. The molecular formula is C17H25N3O3S. The molecule has 0 saturated heterocycles. The number of sulfonamides is 1. The number of nitrogens with one attached hydrogen (secondary N) is 2. The average molecular weight is 351 g/mol. The van der Waals surface area contributed by atoms with Crippen LogP contribution in [0.2, 0.25) is 0 Å². The largest absolute Gasteiger partial charge is 0.385 e. The highest BCUT2D eigenvalue weighted by Crippen LogP contribution is 2.20. The molecule has 0 bridgehead atoms. The molecule has 7 heteroatoms. The first-order valence-corrected chi connectivity index (χ1v) is 9.77. The van der Waals surface area contributed by atoms with Gasteiger partial charge in [0.2, 0.25) is 10.0 Å². The van der Waals surface area contributed by atoms with Crippen LogP contribution in [0.4, 0.5) is 5.69 Å². The predicted molar refractivity (Wildman–Crippen MR) is 96.3 cm³/mol. The Morgan fingerprint density at radius 1 is 1.04 bits per heavy atom. The highest BCUT2D eigenvalue weighted by Gasteiger charge is 2.13. The minimum Gasteiger partial charge on any atom is -0.385 e. The second-order valence-electron chi connectivity index (χ2n) is 5.93. The summed E-state index contributed by atoms with van der Waals surface area (Å²) in [6, 6.07) is 9.83. The van der Waals surface area contributed by atoms with Gasteiger partial charge in [0.05, 0.1) is 11.4 Å². The molecule has 132 valence electrons. The minimum absolute atomic E-state index is 0.376. The lowest BCUT2D eigenvalue weighted by atomic mass is 10.1. The van der Waals surface area contributed by atoms with E-state index in [2.05, 4.69) is 15.2 Å². The number of hydrogen-bond donors (Lipinski definition) is 2. The molecule has 0 amide bonds. The van der Waals surface area contributed by atoms with E-state index in [1.54, 1.807) is 20.0 Å². The fourth-order valence-corrected chi connectivity index (χ4v) is 2.92. The molecule has 0 unspecified atom stereocenters. The number of anilines is 1. The van der Waals surface area contributed by atoms with Crippen LogP contribution in [-0.2, 0) is 10.0 Å². The van der Waals surface area contributed by atoms with E-state index in [0.717, 1.165) is 42.8 Å². The summed E-state index contributed by atoms with van der Waals surface area (Å²) in [4.78, 5) is 0. The van der Waals surface area contributed by atoms with E-state index in [1.807, 2.05) is 30.3 Å². The highest BCUT2D eigenvalue weighted by atomic mass is 32.2. The molecule has 0 aliphatic carbocycles. The topological polar surface area (TPSA) is 84.2 Å². The zero-order chi connectivity index (χ0) is 17.4. The second kappa shape index (κ2) is 8.84. The van der Waals surface area contributed by atoms with Crippen LogP contribution in [-0.4, -0.2) is 31.9 Å². The van der Waals surface area contributed by atoms with Gasteiger partial charge in [0.1, 0.15) is 0 Å². The Kier molecular flexibility index (Phi) is 6.81. The first kappa shape index (κ1) is 18.5. The molecule has 0 fully saturated rings. The van der Waals surface area contributed by atoms with Crippen molar-refractivity contribution in [3.05, 3.63) is 36.5 Å². The lowest BCUT2D eigenvalue weighted by Gasteiger charge is -2.09. The van der Waals surface area contributed by atoms with Crippen LogP contribution >= 0.6 is 0 Å². The first-order valence-electron chi connectivity index (χ1n) is 8.22. The van der Waals surface area contributed by atoms with Gasteiger partial charge in [-0.1, -0.05) is 11.6 Å². The van der Waals surface area contributed by atoms with Crippen LogP contribution in [0, 0.1) is 0 Å². The molecule has 1 heterocycles. The van der Waals surface area contributed by atoms with Crippen LogP contribution in [0.15, 0.2) is 41.1 Å². The van der Waals surface area contributed by atoms with Crippen molar-refractivity contribution in [1.29, 1.82) is 0 Å². The molecule has 0 saturated carbocycles. The third kappa shape index (κ3) is 5.65. The van der Waals surface area contributed by atoms with Gasteiger partial charge in [0, 0.05) is 30.4 Å². The van der Waals surface area contributed by atoms with Crippen molar-refractivity contribution in [2.24, 2.45) is 0 Å². The molecule has 0 radical (unpaired) electrons. The quantitative estimate of drug-likeness (QED) is 0.642. The van der Waals surface area contributed by atoms with Gasteiger partial charge in [-0.15, -0.1) is 0 Å². The maximum Gasteiger partial charge on any atom is 0.213 e. The SMILES string of the molecule is CC(C)S(=O)(=O)NCCCCCNc1ccc(-c2ccno2)cc1. The number of hydrogen-bond acceptors (Lipinski definition) is 5. The van der Waals surface area contributed by atoms with Gasteiger partial charge in [0.15, 0.2) is 5.76 Å². The smallest absolute Gasteiger partial charge is 0.213 e. The second-order valence-corrected chi connectivity index (χ2v) is 8.25. The van der Waals surface area contributed by atoms with Gasteiger partial charge in [-0.05, 0) is 51.0 Å². The van der Waals surface area contributed by atoms with Gasteiger partial charge < -0.3 is 9.84 Å². The van der Waals surface area contributed by atoms with E-state index in [-0.39, 0.29) is 5.25 Å². The lowest BCUT2D eigenvalue weighted by molar-refractivity contribution is 0.432. The monoisotopic (exact) mass is 351 g/mol. The zero-order valence-electron chi connectivity index (χ0n) is 14.2. The standard InChI is InChI=1S/C17H25N3O3S/c1-14(2)24(21,22)20-12-5-3-4-11-18-16-8-6-15(7-9-16)17-10-13-19-23-17/h6-10,13-14,18,20H,3-5,11-12H2,1-2H3. The number of unbranched alkanes of at least 4 members (excludes halogenated alkanes) is 2. The Labute approximate surface area is 143 Å². The normalized spacial score (nSPS) is 11.8. The molecule has 0 aliphatic rings. The van der Waals surface area contributed by atoms with Crippen molar-refractivity contribution in [3.63, 3.8) is 0 Å². The van der Waals surface area contributed by atoms with Crippen molar-refractivity contribution < 1.29 is 12.9 Å². The minimum atomic E-state index is -3.13. The maximum atomic E-state index is 11.6. The van der Waals surface area contributed by atoms with E-state index in [9.17, 15) is 8.42 Å². The van der Waals surface area contributed by atoms with E-state index in [1.165, 1.54) is 0 Å². The lowest BCUT2D eigenvalue weighted by Crippen LogP contribution is -2.31. The third-order valence-corrected chi connectivity index (χ3v) is 5.56. The third-order valence-electron chi connectivity index (χ3n) is 3.71. The van der Waals surface area contributed by atoms with Gasteiger partial charge in [-0.3, -0.25) is 0 Å². The molecule has 1 aromatic carbocycles. The molecule has 24 heavy (non-hydrogen) atoms. The van der Waals surface area contributed by atoms with Crippen molar-refractivity contribution in [2.75, 3.05) is 18.4 Å². The van der Waals surface area contributed by atoms with Crippen molar-refractivity contribution >= 4 is 15.7 Å². The van der Waals surface area contributed by atoms with Crippen LogP contribution < -0.4 is 10.0 Å².